The van der Waals surface area contributed by atoms with Crippen molar-refractivity contribution in [3.05, 3.63) is 24.3 Å². The maximum absolute atomic E-state index is 12.5. The summed E-state index contributed by atoms with van der Waals surface area (Å²) in [5.41, 5.74) is -3.63. The van der Waals surface area contributed by atoms with E-state index in [1.165, 1.54) is 18.2 Å². The SMILES string of the molecule is CCC1(C(=O)Nc2cccc(OC(F)(F)Cl)c2)CC1. The van der Waals surface area contributed by atoms with Gasteiger partial charge in [-0.05, 0) is 31.4 Å². The highest BCUT2D eigenvalue weighted by Gasteiger charge is 2.47. The number of carbonyl (C=O) groups excluding carboxylic acids is 1. The van der Waals surface area contributed by atoms with Crippen LogP contribution in [0.15, 0.2) is 24.3 Å². The zero-order chi connectivity index (χ0) is 14.1. The number of hydrogen-bond acceptors (Lipinski definition) is 2. The van der Waals surface area contributed by atoms with Gasteiger partial charge in [0.25, 0.3) is 0 Å². The second kappa shape index (κ2) is 4.96. The lowest BCUT2D eigenvalue weighted by molar-refractivity contribution is -0.121. The summed E-state index contributed by atoms with van der Waals surface area (Å²) >= 11 is 4.69. The number of rotatable bonds is 5. The lowest BCUT2D eigenvalue weighted by Gasteiger charge is -2.14. The zero-order valence-corrected chi connectivity index (χ0v) is 11.1. The number of hydrogen-bond donors (Lipinski definition) is 1. The van der Waals surface area contributed by atoms with E-state index >= 15 is 0 Å². The summed E-state index contributed by atoms with van der Waals surface area (Å²) in [6.45, 7) is 1.96. The first kappa shape index (κ1) is 14.1. The molecule has 1 fully saturated rings. The van der Waals surface area contributed by atoms with Crippen LogP contribution in [0.25, 0.3) is 0 Å². The van der Waals surface area contributed by atoms with Crippen molar-refractivity contribution in [3.8, 4) is 5.75 Å². The molecule has 0 bridgehead atoms. The first-order valence-corrected chi connectivity index (χ1v) is 6.40. The van der Waals surface area contributed by atoms with Gasteiger partial charge in [0.1, 0.15) is 5.75 Å². The molecule has 0 atom stereocenters. The van der Waals surface area contributed by atoms with Gasteiger partial charge in [0, 0.05) is 28.8 Å². The fraction of sp³-hybridized carbons (Fsp3) is 0.462. The number of halogens is 3. The van der Waals surface area contributed by atoms with Crippen LogP contribution in [0.4, 0.5) is 14.5 Å². The molecule has 0 aliphatic heterocycles. The van der Waals surface area contributed by atoms with E-state index in [2.05, 4.69) is 21.7 Å². The van der Waals surface area contributed by atoms with E-state index in [0.717, 1.165) is 19.3 Å². The first-order chi connectivity index (χ1) is 8.85. The molecule has 3 nitrogen and oxygen atoms in total. The smallest absolute Gasteiger partial charge is 0.420 e. The predicted molar refractivity (Wildman–Crippen MR) is 68.5 cm³/mol. The van der Waals surface area contributed by atoms with Crippen molar-refractivity contribution in [1.29, 1.82) is 0 Å². The van der Waals surface area contributed by atoms with Crippen molar-refractivity contribution in [2.45, 2.75) is 31.8 Å². The first-order valence-electron chi connectivity index (χ1n) is 6.02. The minimum Gasteiger partial charge on any atom is -0.420 e. The van der Waals surface area contributed by atoms with Crippen molar-refractivity contribution in [1.82, 2.24) is 0 Å². The number of nitrogens with one attached hydrogen (secondary N) is 1. The monoisotopic (exact) mass is 289 g/mol. The van der Waals surface area contributed by atoms with E-state index < -0.39 is 5.57 Å². The maximum Gasteiger partial charge on any atom is 0.487 e. The van der Waals surface area contributed by atoms with Crippen LogP contribution in [-0.2, 0) is 4.79 Å². The second-order valence-electron chi connectivity index (χ2n) is 4.66. The molecule has 1 aromatic carbocycles. The Morgan fingerprint density at radius 2 is 2.21 bits per heavy atom. The summed E-state index contributed by atoms with van der Waals surface area (Å²) < 4.78 is 29.3. The Hall–Kier alpha value is -1.36. The summed E-state index contributed by atoms with van der Waals surface area (Å²) in [7, 11) is 0. The molecule has 0 spiro atoms. The minimum absolute atomic E-state index is 0.0789. The molecule has 1 aliphatic carbocycles. The lowest BCUT2D eigenvalue weighted by atomic mass is 10.0. The van der Waals surface area contributed by atoms with Crippen LogP contribution in [-0.4, -0.2) is 11.5 Å². The second-order valence-corrected chi connectivity index (χ2v) is 5.10. The number of amides is 1. The van der Waals surface area contributed by atoms with E-state index in [1.807, 2.05) is 6.92 Å². The number of anilines is 1. The van der Waals surface area contributed by atoms with Crippen molar-refractivity contribution in [2.75, 3.05) is 5.32 Å². The molecule has 0 unspecified atom stereocenters. The van der Waals surface area contributed by atoms with Gasteiger partial charge in [0.05, 0.1) is 0 Å². The molecule has 1 amide bonds. The molecule has 0 radical (unpaired) electrons. The van der Waals surface area contributed by atoms with Gasteiger partial charge in [0.15, 0.2) is 0 Å². The molecule has 6 heteroatoms. The fourth-order valence-electron chi connectivity index (χ4n) is 1.93. The summed E-state index contributed by atoms with van der Waals surface area (Å²) in [5, 5.41) is 2.71. The van der Waals surface area contributed by atoms with Crippen LogP contribution in [0.2, 0.25) is 0 Å². The van der Waals surface area contributed by atoms with E-state index in [4.69, 9.17) is 0 Å². The van der Waals surface area contributed by atoms with Gasteiger partial charge in [-0.3, -0.25) is 4.79 Å². The third kappa shape index (κ3) is 3.56. The Labute approximate surface area is 114 Å². The fourth-order valence-corrected chi connectivity index (χ4v) is 2.02. The summed E-state index contributed by atoms with van der Waals surface area (Å²) in [6.07, 6.45) is 2.51. The number of alkyl halides is 3. The van der Waals surface area contributed by atoms with Gasteiger partial charge < -0.3 is 10.1 Å². The lowest BCUT2D eigenvalue weighted by Crippen LogP contribution is -2.23. The molecule has 0 heterocycles. The Balaban J connectivity index is 2.05. The van der Waals surface area contributed by atoms with Gasteiger partial charge in [-0.1, -0.05) is 13.0 Å². The maximum atomic E-state index is 12.5. The molecule has 1 saturated carbocycles. The Morgan fingerprint density at radius 3 is 2.74 bits per heavy atom. The van der Waals surface area contributed by atoms with Crippen molar-refractivity contribution in [2.24, 2.45) is 5.41 Å². The highest BCUT2D eigenvalue weighted by Crippen LogP contribution is 2.49. The normalized spacial score (nSPS) is 16.8. The quantitative estimate of drug-likeness (QED) is 0.833. The average Bonchev–Trinajstić information content (AvgIpc) is 3.07. The molecule has 0 aromatic heterocycles. The summed E-state index contributed by atoms with van der Waals surface area (Å²) in [6, 6.07) is 5.79. The van der Waals surface area contributed by atoms with Crippen molar-refractivity contribution >= 4 is 23.2 Å². The van der Waals surface area contributed by atoms with Gasteiger partial charge in [-0.25, -0.2) is 0 Å². The third-order valence-electron chi connectivity index (χ3n) is 3.34. The molecule has 0 saturated heterocycles. The third-order valence-corrected chi connectivity index (χ3v) is 3.41. The van der Waals surface area contributed by atoms with Crippen LogP contribution in [0.5, 0.6) is 5.75 Å². The van der Waals surface area contributed by atoms with Gasteiger partial charge in [-0.15, -0.1) is 8.78 Å². The van der Waals surface area contributed by atoms with E-state index in [1.54, 1.807) is 6.07 Å². The Morgan fingerprint density at radius 1 is 1.53 bits per heavy atom. The van der Waals surface area contributed by atoms with Crippen molar-refractivity contribution < 1.29 is 18.3 Å². The highest BCUT2D eigenvalue weighted by atomic mass is 35.5. The van der Waals surface area contributed by atoms with Gasteiger partial charge >= 0.3 is 5.57 Å². The molecule has 1 N–H and O–H groups in total. The largest absolute Gasteiger partial charge is 0.487 e. The van der Waals surface area contributed by atoms with Crippen LogP contribution >= 0.6 is 11.6 Å². The molecule has 1 aliphatic rings. The van der Waals surface area contributed by atoms with E-state index in [9.17, 15) is 13.6 Å². The van der Waals surface area contributed by atoms with Crippen LogP contribution in [0, 0.1) is 5.41 Å². The molecule has 104 valence electrons. The number of benzene rings is 1. The minimum atomic E-state index is -3.76. The van der Waals surface area contributed by atoms with Crippen LogP contribution in [0.1, 0.15) is 26.2 Å². The molecular weight excluding hydrogens is 276 g/mol. The molecule has 19 heavy (non-hydrogen) atoms. The topological polar surface area (TPSA) is 38.3 Å². The molecule has 1 aromatic rings. The zero-order valence-electron chi connectivity index (χ0n) is 10.4. The number of carbonyl (C=O) groups is 1. The highest BCUT2D eigenvalue weighted by molar-refractivity contribution is 6.20. The van der Waals surface area contributed by atoms with E-state index in [-0.39, 0.29) is 17.1 Å². The molecular formula is C13H14ClF2NO2. The van der Waals surface area contributed by atoms with Crippen LogP contribution in [0.3, 0.4) is 0 Å². The average molecular weight is 290 g/mol. The van der Waals surface area contributed by atoms with E-state index in [0.29, 0.717) is 5.69 Å². The summed E-state index contributed by atoms with van der Waals surface area (Å²) in [5.74, 6) is -0.177. The number of ether oxygens (including phenoxy) is 1. The Bertz CT molecular complexity index is 484. The van der Waals surface area contributed by atoms with Gasteiger partial charge in [0.2, 0.25) is 5.91 Å². The predicted octanol–water partition coefficient (Wildman–Crippen LogP) is 3.98. The summed E-state index contributed by atoms with van der Waals surface area (Å²) in [4.78, 5) is 12.0. The van der Waals surface area contributed by atoms with Crippen molar-refractivity contribution in [3.63, 3.8) is 0 Å². The Kier molecular flexibility index (Phi) is 3.67. The standard InChI is InChI=1S/C13H14ClF2NO2/c1-2-12(6-7-12)11(18)17-9-4-3-5-10(8-9)19-13(14,15)16/h3-5,8H,2,6-7H2,1H3,(H,17,18). The molecule has 2 rings (SSSR count). The van der Waals surface area contributed by atoms with Gasteiger partial charge in [-0.2, -0.15) is 0 Å². The van der Waals surface area contributed by atoms with Crippen LogP contribution < -0.4 is 10.1 Å².